The molecule has 0 aliphatic heterocycles. The summed E-state index contributed by atoms with van der Waals surface area (Å²) in [6, 6.07) is 4.89. The van der Waals surface area contributed by atoms with E-state index < -0.39 is 0 Å². The van der Waals surface area contributed by atoms with Gasteiger partial charge in [0.05, 0.1) is 5.69 Å². The molecule has 2 nitrogen and oxygen atoms in total. The van der Waals surface area contributed by atoms with Gasteiger partial charge in [0.2, 0.25) is 0 Å². The van der Waals surface area contributed by atoms with Gasteiger partial charge in [-0.15, -0.1) is 11.3 Å². The second kappa shape index (κ2) is 7.14. The van der Waals surface area contributed by atoms with Crippen molar-refractivity contribution in [3.05, 3.63) is 40.2 Å². The first kappa shape index (κ1) is 16.1. The molecule has 0 aliphatic rings. The van der Waals surface area contributed by atoms with Crippen molar-refractivity contribution < 1.29 is 4.39 Å². The molecular weight excluding hydrogens is 283 g/mol. The molecule has 1 N–H and O–H groups in total. The first-order valence-electron chi connectivity index (χ1n) is 7.47. The van der Waals surface area contributed by atoms with E-state index in [2.05, 4.69) is 26.1 Å². The normalized spacial score (nSPS) is 11.3. The van der Waals surface area contributed by atoms with Crippen molar-refractivity contribution in [2.45, 2.75) is 40.7 Å². The Bertz CT molecular complexity index is 605. The van der Waals surface area contributed by atoms with Gasteiger partial charge in [0.25, 0.3) is 0 Å². The Hall–Kier alpha value is -1.26. The van der Waals surface area contributed by atoms with Crippen LogP contribution in [0.25, 0.3) is 10.6 Å². The predicted molar refractivity (Wildman–Crippen MR) is 88.2 cm³/mol. The van der Waals surface area contributed by atoms with Crippen molar-refractivity contribution in [1.29, 1.82) is 0 Å². The molecule has 0 spiro atoms. The van der Waals surface area contributed by atoms with Crippen LogP contribution in [-0.2, 0) is 13.0 Å². The molecule has 0 amide bonds. The average molecular weight is 306 g/mol. The van der Waals surface area contributed by atoms with Gasteiger partial charge in [-0.1, -0.05) is 26.8 Å². The summed E-state index contributed by atoms with van der Waals surface area (Å²) in [5.74, 6) is 0.427. The van der Waals surface area contributed by atoms with Gasteiger partial charge >= 0.3 is 0 Å². The van der Waals surface area contributed by atoms with E-state index in [1.807, 2.05) is 13.0 Å². The molecule has 0 aliphatic carbocycles. The first-order valence-corrected chi connectivity index (χ1v) is 8.28. The minimum atomic E-state index is -0.205. The van der Waals surface area contributed by atoms with Gasteiger partial charge in [0.15, 0.2) is 0 Å². The Morgan fingerprint density at radius 3 is 2.76 bits per heavy atom. The molecule has 114 valence electrons. The molecule has 2 rings (SSSR count). The highest BCUT2D eigenvalue weighted by Gasteiger charge is 2.13. The SMILES string of the molecule is CCc1nc(-c2cc(F)ccc2C)sc1CNCC(C)C. The molecule has 1 aromatic carbocycles. The summed E-state index contributed by atoms with van der Waals surface area (Å²) in [5, 5.41) is 4.38. The Balaban J connectivity index is 2.25. The van der Waals surface area contributed by atoms with Crippen LogP contribution in [0.1, 0.15) is 36.9 Å². The maximum Gasteiger partial charge on any atom is 0.124 e. The fourth-order valence-corrected chi connectivity index (χ4v) is 3.41. The van der Waals surface area contributed by atoms with E-state index in [1.165, 1.54) is 10.9 Å². The Morgan fingerprint density at radius 2 is 2.10 bits per heavy atom. The van der Waals surface area contributed by atoms with Crippen LogP contribution in [0.4, 0.5) is 4.39 Å². The summed E-state index contributed by atoms with van der Waals surface area (Å²) >= 11 is 1.67. The van der Waals surface area contributed by atoms with Gasteiger partial charge in [-0.25, -0.2) is 9.37 Å². The van der Waals surface area contributed by atoms with E-state index in [0.717, 1.165) is 41.3 Å². The summed E-state index contributed by atoms with van der Waals surface area (Å²) in [6.07, 6.45) is 0.906. The smallest absolute Gasteiger partial charge is 0.124 e. The van der Waals surface area contributed by atoms with Crippen LogP contribution in [-0.4, -0.2) is 11.5 Å². The minimum absolute atomic E-state index is 0.205. The minimum Gasteiger partial charge on any atom is -0.312 e. The average Bonchev–Trinajstić information content (AvgIpc) is 2.84. The molecule has 0 atom stereocenters. The second-order valence-corrected chi connectivity index (χ2v) is 6.81. The quantitative estimate of drug-likeness (QED) is 0.846. The molecule has 2 aromatic rings. The van der Waals surface area contributed by atoms with Crippen molar-refractivity contribution in [3.63, 3.8) is 0 Å². The number of nitrogens with zero attached hydrogens (tertiary/aromatic N) is 1. The third-order valence-corrected chi connectivity index (χ3v) is 4.51. The van der Waals surface area contributed by atoms with Crippen LogP contribution >= 0.6 is 11.3 Å². The number of thiazole rings is 1. The summed E-state index contributed by atoms with van der Waals surface area (Å²) in [4.78, 5) is 5.97. The Labute approximate surface area is 130 Å². The van der Waals surface area contributed by atoms with Crippen LogP contribution in [0.3, 0.4) is 0 Å². The number of hydrogen-bond donors (Lipinski definition) is 1. The molecule has 0 fully saturated rings. The van der Waals surface area contributed by atoms with Crippen molar-refractivity contribution in [3.8, 4) is 10.6 Å². The molecular formula is C17H23FN2S. The molecule has 0 bridgehead atoms. The zero-order valence-corrected chi connectivity index (χ0v) is 14.0. The molecule has 1 aromatic heterocycles. The van der Waals surface area contributed by atoms with E-state index in [4.69, 9.17) is 4.98 Å². The number of hydrogen-bond acceptors (Lipinski definition) is 3. The number of benzene rings is 1. The molecule has 0 radical (unpaired) electrons. The highest BCUT2D eigenvalue weighted by Crippen LogP contribution is 2.31. The third kappa shape index (κ3) is 4.11. The number of aromatic nitrogens is 1. The zero-order valence-electron chi connectivity index (χ0n) is 13.2. The molecule has 0 saturated carbocycles. The van der Waals surface area contributed by atoms with Crippen LogP contribution in [0.5, 0.6) is 0 Å². The maximum absolute atomic E-state index is 13.5. The van der Waals surface area contributed by atoms with Crippen molar-refractivity contribution >= 4 is 11.3 Å². The van der Waals surface area contributed by atoms with E-state index in [9.17, 15) is 4.39 Å². The fraction of sp³-hybridized carbons (Fsp3) is 0.471. The van der Waals surface area contributed by atoms with Gasteiger partial charge in [-0.3, -0.25) is 0 Å². The predicted octanol–water partition coefficient (Wildman–Crippen LogP) is 4.57. The van der Waals surface area contributed by atoms with Crippen molar-refractivity contribution in [1.82, 2.24) is 10.3 Å². The highest BCUT2D eigenvalue weighted by atomic mass is 32.1. The van der Waals surface area contributed by atoms with Gasteiger partial charge in [0.1, 0.15) is 10.8 Å². The summed E-state index contributed by atoms with van der Waals surface area (Å²) in [6.45, 7) is 10.3. The van der Waals surface area contributed by atoms with Crippen LogP contribution < -0.4 is 5.32 Å². The van der Waals surface area contributed by atoms with Crippen molar-refractivity contribution in [2.75, 3.05) is 6.54 Å². The Morgan fingerprint density at radius 1 is 1.33 bits per heavy atom. The molecule has 0 saturated heterocycles. The molecule has 0 unspecified atom stereocenters. The maximum atomic E-state index is 13.5. The van der Waals surface area contributed by atoms with Gasteiger partial charge < -0.3 is 5.32 Å². The van der Waals surface area contributed by atoms with Crippen LogP contribution in [0.2, 0.25) is 0 Å². The lowest BCUT2D eigenvalue weighted by Crippen LogP contribution is -2.18. The molecule has 4 heteroatoms. The van der Waals surface area contributed by atoms with Crippen LogP contribution in [0.15, 0.2) is 18.2 Å². The zero-order chi connectivity index (χ0) is 15.4. The van der Waals surface area contributed by atoms with Gasteiger partial charge in [-0.05, 0) is 43.5 Å². The van der Waals surface area contributed by atoms with E-state index in [1.54, 1.807) is 17.4 Å². The van der Waals surface area contributed by atoms with Crippen molar-refractivity contribution in [2.24, 2.45) is 5.92 Å². The largest absolute Gasteiger partial charge is 0.312 e. The second-order valence-electron chi connectivity index (χ2n) is 5.73. The first-order chi connectivity index (χ1) is 10.0. The molecule has 1 heterocycles. The van der Waals surface area contributed by atoms with E-state index in [0.29, 0.717) is 5.92 Å². The Kier molecular flexibility index (Phi) is 5.48. The number of halogens is 1. The fourth-order valence-electron chi connectivity index (χ4n) is 2.21. The highest BCUT2D eigenvalue weighted by molar-refractivity contribution is 7.15. The number of nitrogens with one attached hydrogen (secondary N) is 1. The topological polar surface area (TPSA) is 24.9 Å². The number of rotatable bonds is 6. The summed E-state index contributed by atoms with van der Waals surface area (Å²) < 4.78 is 13.5. The monoisotopic (exact) mass is 306 g/mol. The lowest BCUT2D eigenvalue weighted by atomic mass is 10.1. The lowest BCUT2D eigenvalue weighted by molar-refractivity contribution is 0.553. The van der Waals surface area contributed by atoms with Crippen LogP contribution in [0, 0.1) is 18.7 Å². The molecule has 21 heavy (non-hydrogen) atoms. The van der Waals surface area contributed by atoms with Gasteiger partial charge in [-0.2, -0.15) is 0 Å². The van der Waals surface area contributed by atoms with Gasteiger partial charge in [0, 0.05) is 17.0 Å². The van der Waals surface area contributed by atoms with E-state index in [-0.39, 0.29) is 5.82 Å². The number of aryl methyl sites for hydroxylation is 2. The summed E-state index contributed by atoms with van der Waals surface area (Å²) in [7, 11) is 0. The van der Waals surface area contributed by atoms with E-state index >= 15 is 0 Å². The third-order valence-electron chi connectivity index (χ3n) is 3.38. The lowest BCUT2D eigenvalue weighted by Gasteiger charge is -2.06. The standard InChI is InChI=1S/C17H23FN2S/c1-5-15-16(10-19-9-11(2)3)21-17(20-15)14-8-13(18)7-6-12(14)4/h6-8,11,19H,5,9-10H2,1-4H3. The summed E-state index contributed by atoms with van der Waals surface area (Å²) in [5.41, 5.74) is 3.09.